The standard InChI is InChI=1S/C16H22N6O/c1-10-5-6-11(13(17)23)9-12(10)22-15(19)20-14(18)21-16(22)7-3-2-4-8-16/h5-6,9H,2-4,7-8H2,1H3,(H2,17,23)(H4,18,19,20,21). The van der Waals surface area contributed by atoms with E-state index in [-0.39, 0.29) is 5.96 Å². The molecule has 1 amide bonds. The lowest BCUT2D eigenvalue weighted by molar-refractivity contribution is 0.1000. The lowest BCUT2D eigenvalue weighted by atomic mass is 9.87. The van der Waals surface area contributed by atoms with Crippen molar-refractivity contribution in [3.63, 3.8) is 0 Å². The third kappa shape index (κ3) is 2.62. The van der Waals surface area contributed by atoms with E-state index in [1.807, 2.05) is 17.9 Å². The van der Waals surface area contributed by atoms with Crippen LogP contribution in [0.5, 0.6) is 0 Å². The van der Waals surface area contributed by atoms with Crippen molar-refractivity contribution in [1.29, 1.82) is 0 Å². The second-order valence-corrected chi connectivity index (χ2v) is 6.18. The highest BCUT2D eigenvalue weighted by Crippen LogP contribution is 2.40. The van der Waals surface area contributed by atoms with Crippen LogP contribution in [0.2, 0.25) is 0 Å². The third-order valence-electron chi connectivity index (χ3n) is 4.59. The third-order valence-corrected chi connectivity index (χ3v) is 4.59. The Morgan fingerprint density at radius 2 is 1.91 bits per heavy atom. The molecule has 122 valence electrons. The molecule has 1 aliphatic heterocycles. The molecule has 1 aromatic rings. The van der Waals surface area contributed by atoms with E-state index in [9.17, 15) is 4.79 Å². The summed E-state index contributed by atoms with van der Waals surface area (Å²) in [5.74, 6) is 0.0490. The summed E-state index contributed by atoms with van der Waals surface area (Å²) >= 11 is 0. The molecule has 0 radical (unpaired) electrons. The molecule has 1 saturated carbocycles. The molecule has 7 nitrogen and oxygen atoms in total. The van der Waals surface area contributed by atoms with Crippen LogP contribution in [-0.2, 0) is 0 Å². The minimum absolute atomic E-state index is 0.212. The number of rotatable bonds is 2. The number of hydrogen-bond donors (Lipinski definition) is 3. The molecule has 1 aliphatic carbocycles. The summed E-state index contributed by atoms with van der Waals surface area (Å²) in [4.78, 5) is 22.2. The van der Waals surface area contributed by atoms with Crippen LogP contribution in [0.3, 0.4) is 0 Å². The number of carbonyl (C=O) groups is 1. The first-order chi connectivity index (χ1) is 10.9. The quantitative estimate of drug-likeness (QED) is 0.759. The van der Waals surface area contributed by atoms with Gasteiger partial charge in [0, 0.05) is 11.3 Å². The van der Waals surface area contributed by atoms with Crippen molar-refractivity contribution in [3.8, 4) is 0 Å². The predicted molar refractivity (Wildman–Crippen MR) is 91.2 cm³/mol. The average molecular weight is 314 g/mol. The van der Waals surface area contributed by atoms with Gasteiger partial charge in [0.2, 0.25) is 17.8 Å². The summed E-state index contributed by atoms with van der Waals surface area (Å²) in [6.45, 7) is 1.96. The number of hydrogen-bond acceptors (Lipinski definition) is 6. The SMILES string of the molecule is Cc1ccc(C(N)=O)cc1N1C(N)=NC(N)=NC12CCCCC2. The van der Waals surface area contributed by atoms with Crippen LogP contribution < -0.4 is 22.1 Å². The van der Waals surface area contributed by atoms with E-state index in [0.717, 1.165) is 36.9 Å². The smallest absolute Gasteiger partial charge is 0.248 e. The maximum Gasteiger partial charge on any atom is 0.248 e. The first-order valence-electron chi connectivity index (χ1n) is 7.83. The van der Waals surface area contributed by atoms with E-state index >= 15 is 0 Å². The second kappa shape index (κ2) is 5.57. The van der Waals surface area contributed by atoms with Crippen LogP contribution in [0.1, 0.15) is 48.0 Å². The van der Waals surface area contributed by atoms with Gasteiger partial charge in [-0.25, -0.2) is 4.99 Å². The highest BCUT2D eigenvalue weighted by molar-refractivity contribution is 6.06. The number of amides is 1. The van der Waals surface area contributed by atoms with Gasteiger partial charge in [-0.3, -0.25) is 9.69 Å². The van der Waals surface area contributed by atoms with Crippen molar-refractivity contribution in [2.75, 3.05) is 4.90 Å². The van der Waals surface area contributed by atoms with Gasteiger partial charge in [-0.05, 0) is 50.3 Å². The number of carbonyl (C=O) groups excluding carboxylic acids is 1. The summed E-state index contributed by atoms with van der Waals surface area (Å²) < 4.78 is 0. The van der Waals surface area contributed by atoms with Gasteiger partial charge < -0.3 is 17.2 Å². The van der Waals surface area contributed by atoms with Gasteiger partial charge in [0.25, 0.3) is 0 Å². The lowest BCUT2D eigenvalue weighted by Crippen LogP contribution is -2.58. The number of nitrogens with zero attached hydrogens (tertiary/aromatic N) is 3. The van der Waals surface area contributed by atoms with Gasteiger partial charge in [0.1, 0.15) is 5.66 Å². The minimum atomic E-state index is -0.519. The first-order valence-corrected chi connectivity index (χ1v) is 7.83. The fourth-order valence-corrected chi connectivity index (χ4v) is 3.47. The van der Waals surface area contributed by atoms with Crippen LogP contribution in [0.25, 0.3) is 0 Å². The van der Waals surface area contributed by atoms with E-state index in [1.54, 1.807) is 12.1 Å². The Labute approximate surface area is 135 Å². The maximum absolute atomic E-state index is 11.5. The monoisotopic (exact) mass is 314 g/mol. The molecule has 0 aromatic heterocycles. The van der Waals surface area contributed by atoms with E-state index in [1.165, 1.54) is 6.42 Å². The van der Waals surface area contributed by atoms with Gasteiger partial charge >= 0.3 is 0 Å². The molecular weight excluding hydrogens is 292 g/mol. The number of primary amides is 1. The fraction of sp³-hybridized carbons (Fsp3) is 0.438. The molecule has 7 heteroatoms. The van der Waals surface area contributed by atoms with Crippen LogP contribution in [-0.4, -0.2) is 23.5 Å². The molecule has 6 N–H and O–H groups in total. The number of aryl methyl sites for hydroxylation is 1. The Morgan fingerprint density at radius 1 is 1.22 bits per heavy atom. The van der Waals surface area contributed by atoms with Crippen molar-refractivity contribution >= 4 is 23.5 Å². The highest BCUT2D eigenvalue weighted by Gasteiger charge is 2.43. The summed E-state index contributed by atoms with van der Waals surface area (Å²) in [6.07, 6.45) is 4.97. The van der Waals surface area contributed by atoms with Crippen LogP contribution in [0.15, 0.2) is 28.2 Å². The first kappa shape index (κ1) is 15.3. The molecule has 1 aromatic carbocycles. The molecule has 3 rings (SSSR count). The van der Waals surface area contributed by atoms with Gasteiger partial charge in [-0.2, -0.15) is 4.99 Å². The predicted octanol–water partition coefficient (Wildman–Crippen LogP) is 1.20. The molecule has 23 heavy (non-hydrogen) atoms. The topological polar surface area (TPSA) is 123 Å². The Kier molecular flexibility index (Phi) is 3.71. The van der Waals surface area contributed by atoms with Crippen molar-refractivity contribution in [3.05, 3.63) is 29.3 Å². The fourth-order valence-electron chi connectivity index (χ4n) is 3.47. The Bertz CT molecular complexity index is 703. The number of aliphatic imine (C=N–C) groups is 2. The molecule has 1 spiro atoms. The van der Waals surface area contributed by atoms with Gasteiger partial charge in [0.05, 0.1) is 0 Å². The molecule has 0 saturated heterocycles. The van der Waals surface area contributed by atoms with Crippen molar-refractivity contribution in [2.45, 2.75) is 44.7 Å². The zero-order valence-electron chi connectivity index (χ0n) is 13.2. The van der Waals surface area contributed by atoms with Gasteiger partial charge in [0.15, 0.2) is 0 Å². The Morgan fingerprint density at radius 3 is 2.57 bits per heavy atom. The van der Waals surface area contributed by atoms with E-state index in [4.69, 9.17) is 17.2 Å². The van der Waals surface area contributed by atoms with Crippen molar-refractivity contribution in [1.82, 2.24) is 0 Å². The van der Waals surface area contributed by atoms with E-state index < -0.39 is 11.6 Å². The largest absolute Gasteiger partial charge is 0.369 e. The number of anilines is 1. The van der Waals surface area contributed by atoms with Crippen LogP contribution >= 0.6 is 0 Å². The van der Waals surface area contributed by atoms with E-state index in [0.29, 0.717) is 11.5 Å². The molecule has 0 unspecified atom stereocenters. The lowest BCUT2D eigenvalue weighted by Gasteiger charge is -2.46. The van der Waals surface area contributed by atoms with Gasteiger partial charge in [-0.1, -0.05) is 12.5 Å². The zero-order valence-corrected chi connectivity index (χ0v) is 13.2. The number of benzene rings is 1. The average Bonchev–Trinajstić information content (AvgIpc) is 2.48. The normalized spacial score (nSPS) is 20.1. The maximum atomic E-state index is 11.5. The number of guanidine groups is 2. The summed E-state index contributed by atoms with van der Waals surface area (Å²) in [5.41, 5.74) is 19.2. The molecule has 2 aliphatic rings. The summed E-state index contributed by atoms with van der Waals surface area (Å²) in [7, 11) is 0. The van der Waals surface area contributed by atoms with Crippen LogP contribution in [0, 0.1) is 6.92 Å². The number of nitrogens with two attached hydrogens (primary N) is 3. The molecule has 0 bridgehead atoms. The molecule has 0 atom stereocenters. The van der Waals surface area contributed by atoms with Crippen molar-refractivity contribution < 1.29 is 4.79 Å². The molecule has 1 fully saturated rings. The van der Waals surface area contributed by atoms with Gasteiger partial charge in [-0.15, -0.1) is 0 Å². The highest BCUT2D eigenvalue weighted by atomic mass is 16.1. The van der Waals surface area contributed by atoms with Crippen molar-refractivity contribution in [2.24, 2.45) is 27.2 Å². The Balaban J connectivity index is 2.14. The summed E-state index contributed by atoms with van der Waals surface area (Å²) in [5, 5.41) is 0. The van der Waals surface area contributed by atoms with Crippen LogP contribution in [0.4, 0.5) is 5.69 Å². The molecule has 1 heterocycles. The Hall–Kier alpha value is -2.57. The van der Waals surface area contributed by atoms with E-state index in [2.05, 4.69) is 9.98 Å². The minimum Gasteiger partial charge on any atom is -0.369 e. The zero-order chi connectivity index (χ0) is 16.6. The molecular formula is C16H22N6O. The second-order valence-electron chi connectivity index (χ2n) is 6.18. The summed E-state index contributed by atoms with van der Waals surface area (Å²) in [6, 6.07) is 5.33.